The Balaban J connectivity index is 1.56. The lowest BCUT2D eigenvalue weighted by Crippen LogP contribution is -2.40. The molecule has 4 N–H and O–H groups in total. The molecule has 0 aliphatic heterocycles. The first-order chi connectivity index (χ1) is 18.7. The Labute approximate surface area is 225 Å². The van der Waals surface area contributed by atoms with E-state index < -0.39 is 11.4 Å². The van der Waals surface area contributed by atoms with E-state index in [0.717, 1.165) is 5.56 Å². The minimum atomic E-state index is -0.581. The van der Waals surface area contributed by atoms with Gasteiger partial charge in [-0.25, -0.2) is 4.39 Å². The fraction of sp³-hybridized carbons (Fsp3) is 0.125. The predicted octanol–water partition coefficient (Wildman–Crippen LogP) is 6.51. The summed E-state index contributed by atoms with van der Waals surface area (Å²) in [5, 5.41) is 6.20. The van der Waals surface area contributed by atoms with Crippen molar-refractivity contribution in [3.8, 4) is 22.5 Å². The molecule has 2 amide bonds. The van der Waals surface area contributed by atoms with Crippen LogP contribution in [-0.2, 0) is 5.54 Å². The van der Waals surface area contributed by atoms with Crippen LogP contribution >= 0.6 is 0 Å². The molecule has 0 aliphatic rings. The van der Waals surface area contributed by atoms with Crippen LogP contribution in [0.15, 0.2) is 95.4 Å². The van der Waals surface area contributed by atoms with Gasteiger partial charge in [-0.3, -0.25) is 9.59 Å². The molecule has 0 saturated heterocycles. The van der Waals surface area contributed by atoms with Crippen molar-refractivity contribution in [3.05, 3.63) is 114 Å². The second kappa shape index (κ2) is 10.1. The van der Waals surface area contributed by atoms with E-state index in [0.29, 0.717) is 44.7 Å². The summed E-state index contributed by atoms with van der Waals surface area (Å²) in [6.07, 6.45) is 0. The van der Waals surface area contributed by atoms with Gasteiger partial charge in [-0.15, -0.1) is 0 Å². The summed E-state index contributed by atoms with van der Waals surface area (Å²) in [7, 11) is 1.52. The van der Waals surface area contributed by atoms with Crippen molar-refractivity contribution in [2.75, 3.05) is 12.8 Å². The van der Waals surface area contributed by atoms with E-state index in [1.165, 1.54) is 19.2 Å². The Hall–Kier alpha value is -4.91. The van der Waals surface area contributed by atoms with Crippen molar-refractivity contribution >= 4 is 28.5 Å². The number of carbonyl (C=O) groups is 2. The lowest BCUT2D eigenvalue weighted by Gasteiger charge is -2.27. The fourth-order valence-electron chi connectivity index (χ4n) is 4.73. The maximum atomic E-state index is 13.5. The van der Waals surface area contributed by atoms with Gasteiger partial charge in [0.25, 0.3) is 11.8 Å². The topological polar surface area (TPSA) is 97.4 Å². The molecule has 0 aliphatic carbocycles. The van der Waals surface area contributed by atoms with E-state index in [9.17, 15) is 14.0 Å². The molecular weight excluding hydrogens is 493 g/mol. The van der Waals surface area contributed by atoms with Crippen LogP contribution in [0.25, 0.3) is 33.4 Å². The van der Waals surface area contributed by atoms with E-state index in [1.54, 1.807) is 42.5 Å². The van der Waals surface area contributed by atoms with Gasteiger partial charge in [-0.2, -0.15) is 0 Å². The van der Waals surface area contributed by atoms with Gasteiger partial charge >= 0.3 is 0 Å². The first kappa shape index (κ1) is 25.7. The zero-order valence-electron chi connectivity index (χ0n) is 21.8. The summed E-state index contributed by atoms with van der Waals surface area (Å²) in [5.41, 5.74) is 10.5. The van der Waals surface area contributed by atoms with Crippen LogP contribution in [0.1, 0.15) is 40.1 Å². The van der Waals surface area contributed by atoms with Crippen LogP contribution in [0.4, 0.5) is 10.1 Å². The molecule has 0 unspecified atom stereocenters. The van der Waals surface area contributed by atoms with E-state index in [2.05, 4.69) is 10.6 Å². The molecule has 1 aromatic heterocycles. The van der Waals surface area contributed by atoms with Crippen molar-refractivity contribution in [1.29, 1.82) is 0 Å². The van der Waals surface area contributed by atoms with Crippen molar-refractivity contribution in [1.82, 2.24) is 10.6 Å². The van der Waals surface area contributed by atoms with Crippen molar-refractivity contribution in [2.24, 2.45) is 0 Å². The summed E-state index contributed by atoms with van der Waals surface area (Å²) in [6, 6.07) is 26.2. The molecule has 0 atom stereocenters. The van der Waals surface area contributed by atoms with Gasteiger partial charge in [0, 0.05) is 23.7 Å². The van der Waals surface area contributed by atoms with Crippen molar-refractivity contribution < 1.29 is 18.4 Å². The Bertz CT molecular complexity index is 1690. The molecule has 4 aromatic carbocycles. The maximum absolute atomic E-state index is 13.5. The number of furan rings is 1. The fourth-order valence-corrected chi connectivity index (χ4v) is 4.73. The molecule has 7 heteroatoms. The van der Waals surface area contributed by atoms with Crippen LogP contribution < -0.4 is 16.4 Å². The number of rotatable bonds is 6. The van der Waals surface area contributed by atoms with Crippen LogP contribution in [0.2, 0.25) is 0 Å². The number of amides is 2. The zero-order chi connectivity index (χ0) is 27.7. The molecule has 6 nitrogen and oxygen atoms in total. The third-order valence-corrected chi connectivity index (χ3v) is 6.81. The Morgan fingerprint density at radius 3 is 2.26 bits per heavy atom. The van der Waals surface area contributed by atoms with Crippen LogP contribution in [-0.4, -0.2) is 18.9 Å². The molecule has 39 heavy (non-hydrogen) atoms. The van der Waals surface area contributed by atoms with Crippen LogP contribution in [0.5, 0.6) is 0 Å². The Kier molecular flexibility index (Phi) is 6.66. The number of nitrogen functional groups attached to an aromatic ring is 1. The first-order valence-electron chi connectivity index (χ1n) is 12.5. The summed E-state index contributed by atoms with van der Waals surface area (Å²) < 4.78 is 19.6. The van der Waals surface area contributed by atoms with E-state index >= 15 is 0 Å². The van der Waals surface area contributed by atoms with Crippen molar-refractivity contribution in [3.63, 3.8) is 0 Å². The average Bonchev–Trinajstić information content (AvgIpc) is 3.34. The lowest BCUT2D eigenvalue weighted by atomic mass is 9.93. The third-order valence-electron chi connectivity index (χ3n) is 6.81. The molecule has 5 aromatic rings. The van der Waals surface area contributed by atoms with Gasteiger partial charge in [-0.1, -0.05) is 42.5 Å². The highest BCUT2D eigenvalue weighted by atomic mass is 19.1. The minimum Gasteiger partial charge on any atom is -0.455 e. The van der Waals surface area contributed by atoms with Gasteiger partial charge in [0.1, 0.15) is 17.2 Å². The second-order valence-corrected chi connectivity index (χ2v) is 9.82. The number of hydrogen-bond donors (Lipinski definition) is 3. The van der Waals surface area contributed by atoms with Gasteiger partial charge in [0.15, 0.2) is 0 Å². The third kappa shape index (κ3) is 4.86. The summed E-state index contributed by atoms with van der Waals surface area (Å²) >= 11 is 0. The van der Waals surface area contributed by atoms with Crippen molar-refractivity contribution in [2.45, 2.75) is 19.4 Å². The molecule has 0 spiro atoms. The van der Waals surface area contributed by atoms with Gasteiger partial charge < -0.3 is 20.8 Å². The van der Waals surface area contributed by atoms with Gasteiger partial charge in [0.05, 0.1) is 22.2 Å². The Morgan fingerprint density at radius 1 is 0.846 bits per heavy atom. The number of benzene rings is 4. The molecular formula is C32H28FN3O3. The van der Waals surface area contributed by atoms with Gasteiger partial charge in [0.2, 0.25) is 0 Å². The molecule has 0 fully saturated rings. The second-order valence-electron chi connectivity index (χ2n) is 9.82. The molecule has 5 rings (SSSR count). The number of fused-ring (bicyclic) bond motifs is 1. The number of nitrogens with one attached hydrogen (secondary N) is 2. The molecule has 196 valence electrons. The first-order valence-corrected chi connectivity index (χ1v) is 12.5. The molecule has 0 saturated carbocycles. The van der Waals surface area contributed by atoms with Crippen LogP contribution in [0, 0.1) is 5.82 Å². The quantitative estimate of drug-likeness (QED) is 0.222. The summed E-state index contributed by atoms with van der Waals surface area (Å²) in [5.74, 6) is -0.704. The van der Waals surface area contributed by atoms with E-state index in [1.807, 2.05) is 50.2 Å². The highest BCUT2D eigenvalue weighted by molar-refractivity contribution is 6.16. The highest BCUT2D eigenvalue weighted by Gasteiger charge is 2.26. The normalized spacial score (nSPS) is 11.4. The molecule has 1 heterocycles. The smallest absolute Gasteiger partial charge is 0.255 e. The Morgan fingerprint density at radius 2 is 1.56 bits per heavy atom. The number of halogens is 1. The highest BCUT2D eigenvalue weighted by Crippen LogP contribution is 2.41. The largest absolute Gasteiger partial charge is 0.455 e. The number of carbonyl (C=O) groups excluding carboxylic acids is 2. The number of anilines is 1. The number of hydrogen-bond acceptors (Lipinski definition) is 4. The standard InChI is InChI=1S/C32H28FN3O3/c1-32(2,22-10-5-4-6-11-22)36-30(37)21-9-7-8-20(18-21)24-16-17-25-26(28(24)34)27(31(38)35-3)29(39-25)19-12-14-23(33)15-13-19/h4-18H,34H2,1-3H3,(H,35,38)(H,36,37). The SMILES string of the molecule is CNC(=O)c1c(-c2ccc(F)cc2)oc2ccc(-c3cccc(C(=O)NC(C)(C)c4ccccc4)c3)c(N)c12. The number of nitrogens with two attached hydrogens (primary N) is 1. The zero-order valence-corrected chi connectivity index (χ0v) is 21.8. The predicted molar refractivity (Wildman–Crippen MR) is 152 cm³/mol. The molecule has 0 radical (unpaired) electrons. The molecule has 0 bridgehead atoms. The van der Waals surface area contributed by atoms with E-state index in [-0.39, 0.29) is 17.4 Å². The maximum Gasteiger partial charge on any atom is 0.255 e. The monoisotopic (exact) mass is 521 g/mol. The minimum absolute atomic E-state index is 0.224. The van der Waals surface area contributed by atoms with Gasteiger partial charge in [-0.05, 0) is 73.5 Å². The lowest BCUT2D eigenvalue weighted by molar-refractivity contribution is 0.0910. The summed E-state index contributed by atoms with van der Waals surface area (Å²) in [6.45, 7) is 3.90. The van der Waals surface area contributed by atoms with Crippen LogP contribution in [0.3, 0.4) is 0 Å². The summed E-state index contributed by atoms with van der Waals surface area (Å²) in [4.78, 5) is 26.2. The average molecular weight is 522 g/mol. The van der Waals surface area contributed by atoms with E-state index in [4.69, 9.17) is 10.2 Å².